The number of fused-ring (bicyclic) bond motifs is 2. The van der Waals surface area contributed by atoms with Crippen molar-refractivity contribution < 1.29 is 44.6 Å². The number of benzene rings is 4. The van der Waals surface area contributed by atoms with Crippen LogP contribution in [0.2, 0.25) is 4.63 Å². The van der Waals surface area contributed by atoms with Crippen LogP contribution in [-0.2, 0) is 30.6 Å². The predicted octanol–water partition coefficient (Wildman–Crippen LogP) is 7.04. The smallest absolute Gasteiger partial charge is 1.00 e. The molecule has 0 heterocycles. The first-order chi connectivity index (χ1) is 21.8. The van der Waals surface area contributed by atoms with Crippen molar-refractivity contribution in [3.8, 4) is 22.3 Å². The van der Waals surface area contributed by atoms with E-state index in [0.29, 0.717) is 7.25 Å². The van der Waals surface area contributed by atoms with Crippen molar-refractivity contribution in [2.45, 2.75) is 97.9 Å². The van der Waals surface area contributed by atoms with E-state index in [2.05, 4.69) is 168 Å². The molecule has 0 aliphatic heterocycles. The Morgan fingerprint density at radius 3 is 1.21 bits per heavy atom. The van der Waals surface area contributed by atoms with E-state index in [-0.39, 0.29) is 35.6 Å². The van der Waals surface area contributed by atoms with E-state index in [9.17, 15) is 0 Å². The van der Waals surface area contributed by atoms with Crippen LogP contribution in [0.4, 0.5) is 0 Å². The first-order valence-corrected chi connectivity index (χ1v) is 24.2. The Hall–Kier alpha value is -2.31. The van der Waals surface area contributed by atoms with Gasteiger partial charge in [-0.25, -0.2) is 0 Å². The third-order valence-electron chi connectivity index (χ3n) is 11.1. The molecule has 0 fully saturated rings. The molecule has 0 nitrogen and oxygen atoms in total. The Bertz CT molecular complexity index is 1760. The number of hydrogen-bond donors (Lipinski definition) is 0. The molecule has 2 aliphatic rings. The fraction of sp³-hybridized carbons (Fsp3) is 0.356. The predicted molar refractivity (Wildman–Crippen MR) is 201 cm³/mol. The summed E-state index contributed by atoms with van der Waals surface area (Å²) in [6.45, 7) is 20.9. The molecule has 6 rings (SSSR count). The molecule has 2 unspecified atom stereocenters. The maximum Gasteiger partial charge on any atom is -1.00 e. The summed E-state index contributed by atoms with van der Waals surface area (Å²) >= 11 is -3.14. The van der Waals surface area contributed by atoms with Crippen molar-refractivity contribution in [3.63, 3.8) is 0 Å². The molecule has 3 heteroatoms. The summed E-state index contributed by atoms with van der Waals surface area (Å²) in [6.07, 6.45) is 7.38. The Kier molecular flexibility index (Phi) is 11.6. The summed E-state index contributed by atoms with van der Waals surface area (Å²) in [6, 6.07) is 33.0. The van der Waals surface area contributed by atoms with Gasteiger partial charge in [-0.1, -0.05) is 0 Å². The van der Waals surface area contributed by atoms with Crippen LogP contribution in [0.1, 0.15) is 116 Å². The topological polar surface area (TPSA) is 0 Å². The summed E-state index contributed by atoms with van der Waals surface area (Å²) in [5, 5.41) is 0. The summed E-state index contributed by atoms with van der Waals surface area (Å²) in [7, 11) is 0. The third-order valence-corrected chi connectivity index (χ3v) is 23.6. The number of rotatable bonds is 6. The van der Waals surface area contributed by atoms with E-state index >= 15 is 0 Å². The molecular formula is C45H53Cl2Zr. The quantitative estimate of drug-likeness (QED) is 0.198. The van der Waals surface area contributed by atoms with Gasteiger partial charge in [-0.3, -0.25) is 0 Å². The van der Waals surface area contributed by atoms with Crippen molar-refractivity contribution in [3.05, 3.63) is 129 Å². The normalized spacial score (nSPS) is 17.4. The fourth-order valence-corrected chi connectivity index (χ4v) is 20.6. The molecule has 0 spiro atoms. The minimum atomic E-state index is -3.14. The summed E-state index contributed by atoms with van der Waals surface area (Å²) < 4.78 is 6.57. The third kappa shape index (κ3) is 6.74. The zero-order chi connectivity index (χ0) is 33.0. The monoisotopic (exact) mass is 753 g/mol. The van der Waals surface area contributed by atoms with Crippen LogP contribution >= 0.6 is 0 Å². The second-order valence-corrected chi connectivity index (χ2v) is 26.9. The summed E-state index contributed by atoms with van der Waals surface area (Å²) in [5.41, 5.74) is 17.9. The van der Waals surface area contributed by atoms with Gasteiger partial charge in [-0.2, -0.15) is 0 Å². The van der Waals surface area contributed by atoms with Gasteiger partial charge in [0.05, 0.1) is 0 Å². The van der Waals surface area contributed by atoms with Gasteiger partial charge < -0.3 is 24.8 Å². The van der Waals surface area contributed by atoms with Crippen molar-refractivity contribution in [1.82, 2.24) is 0 Å². The molecular weight excluding hydrogens is 703 g/mol. The van der Waals surface area contributed by atoms with Crippen molar-refractivity contribution in [2.75, 3.05) is 0 Å². The van der Waals surface area contributed by atoms with Crippen LogP contribution in [0.3, 0.4) is 0 Å². The molecule has 2 atom stereocenters. The molecule has 4 aromatic carbocycles. The van der Waals surface area contributed by atoms with E-state index in [1.165, 1.54) is 44.5 Å². The van der Waals surface area contributed by atoms with Gasteiger partial charge >= 0.3 is 285 Å². The molecule has 0 radical (unpaired) electrons. The minimum Gasteiger partial charge on any atom is -1.00 e. The van der Waals surface area contributed by atoms with Crippen LogP contribution in [0, 0.1) is 0 Å². The van der Waals surface area contributed by atoms with Gasteiger partial charge in [-0.05, 0) is 0 Å². The molecule has 0 aromatic heterocycles. The molecule has 4 aromatic rings. The summed E-state index contributed by atoms with van der Waals surface area (Å²) in [4.78, 5) is 0. The molecule has 0 saturated carbocycles. The Morgan fingerprint density at radius 1 is 0.562 bits per heavy atom. The number of halogens is 2. The number of allylic oxidation sites excluding steroid dienone is 2. The van der Waals surface area contributed by atoms with Crippen LogP contribution < -0.4 is 24.8 Å². The summed E-state index contributed by atoms with van der Waals surface area (Å²) in [5.74, 6) is 0. The van der Waals surface area contributed by atoms with Crippen LogP contribution in [0.15, 0.2) is 96.1 Å². The van der Waals surface area contributed by atoms with Gasteiger partial charge in [-0.15, -0.1) is 0 Å². The minimum absolute atomic E-state index is 0. The SMILES string of the molecule is C[CH]=[Zr+2]([CH3])([CH]1C(CC)=Cc2c(-c3ccc(C(C)(C)C)cc3)cccc21)[CH]1C(CC)=Cc2c(-c3ccc(C(C)(C)C)cc3)cccc21.[Cl-].[Cl-]. The zero-order valence-corrected chi connectivity index (χ0v) is 34.6. The van der Waals surface area contributed by atoms with Crippen LogP contribution in [0.25, 0.3) is 34.4 Å². The van der Waals surface area contributed by atoms with Crippen LogP contribution in [-0.4, -0.2) is 3.71 Å². The van der Waals surface area contributed by atoms with Crippen molar-refractivity contribution in [1.29, 1.82) is 0 Å². The van der Waals surface area contributed by atoms with Crippen molar-refractivity contribution in [2.24, 2.45) is 0 Å². The number of hydrogen-bond acceptors (Lipinski definition) is 0. The molecule has 251 valence electrons. The van der Waals surface area contributed by atoms with Crippen LogP contribution in [0.5, 0.6) is 0 Å². The van der Waals surface area contributed by atoms with E-state index < -0.39 is 19.8 Å². The molecule has 0 saturated heterocycles. The van der Waals surface area contributed by atoms with Gasteiger partial charge in [0, 0.05) is 0 Å². The van der Waals surface area contributed by atoms with E-state index in [4.69, 9.17) is 0 Å². The van der Waals surface area contributed by atoms with Gasteiger partial charge in [0.1, 0.15) is 0 Å². The Balaban J connectivity index is 0.00000260. The largest absolute Gasteiger partial charge is 1.00 e. The van der Waals surface area contributed by atoms with E-state index in [1.807, 2.05) is 0 Å². The maximum absolute atomic E-state index is 3.14. The molecule has 2 aliphatic carbocycles. The zero-order valence-electron chi connectivity index (χ0n) is 30.6. The Morgan fingerprint density at radius 2 is 0.917 bits per heavy atom. The fourth-order valence-electron chi connectivity index (χ4n) is 8.31. The first kappa shape index (κ1) is 38.5. The molecule has 0 amide bonds. The standard InChI is InChI=1S/2C21H23.C2H4.CH3.2ClH.Zr/c2*1-5-15-13-17-7-6-8-19(20(17)14-15)16-9-11-18(12-10-16)21(2,3)4;1-2;;;;/h2*6-14H,5H2,1-4H3;1H,2H3;1H3;2*1H;/q;;;;;;+2/p-2. The van der Waals surface area contributed by atoms with Gasteiger partial charge in [0.15, 0.2) is 0 Å². The van der Waals surface area contributed by atoms with Gasteiger partial charge in [0.2, 0.25) is 0 Å². The Labute approximate surface area is 307 Å². The molecule has 0 N–H and O–H groups in total. The average molecular weight is 756 g/mol. The molecule has 0 bridgehead atoms. The molecule has 48 heavy (non-hydrogen) atoms. The second kappa shape index (κ2) is 14.5. The van der Waals surface area contributed by atoms with Gasteiger partial charge in [0.25, 0.3) is 0 Å². The van der Waals surface area contributed by atoms with E-state index in [0.717, 1.165) is 12.8 Å². The second-order valence-electron chi connectivity index (χ2n) is 15.9. The first-order valence-electron chi connectivity index (χ1n) is 17.5. The maximum atomic E-state index is 2.75. The van der Waals surface area contributed by atoms with Crippen molar-refractivity contribution >= 4 is 15.9 Å². The average Bonchev–Trinajstić information content (AvgIpc) is 3.63. The van der Waals surface area contributed by atoms with E-state index in [1.54, 1.807) is 22.3 Å².